The fraction of sp³-hybridized carbons (Fsp3) is 0.176. The van der Waals surface area contributed by atoms with Gasteiger partial charge in [-0.3, -0.25) is 14.2 Å². The van der Waals surface area contributed by atoms with Gasteiger partial charge in [-0.2, -0.15) is 0 Å². The van der Waals surface area contributed by atoms with Gasteiger partial charge in [0.2, 0.25) is 5.91 Å². The number of ether oxygens (including phenoxy) is 1. The smallest absolute Gasteiger partial charge is 0.337 e. The van der Waals surface area contributed by atoms with Crippen LogP contribution in [-0.2, 0) is 22.6 Å². The second-order valence-corrected chi connectivity index (χ2v) is 6.18. The first-order valence-electron chi connectivity index (χ1n) is 7.45. The Hall–Kier alpha value is -3.00. The molecular formula is C17H15N3O4S. The van der Waals surface area contributed by atoms with Crippen LogP contribution in [0.15, 0.2) is 46.8 Å². The summed E-state index contributed by atoms with van der Waals surface area (Å²) in [6.45, 7) is 0.195. The Balaban J connectivity index is 1.61. The number of esters is 1. The Kier molecular flexibility index (Phi) is 4.90. The summed E-state index contributed by atoms with van der Waals surface area (Å²) in [5.74, 6) is -0.707. The molecule has 0 saturated carbocycles. The number of nitrogens with one attached hydrogen (secondary N) is 1. The molecular weight excluding hydrogens is 342 g/mol. The lowest BCUT2D eigenvalue weighted by molar-refractivity contribution is -0.121. The van der Waals surface area contributed by atoms with E-state index in [1.54, 1.807) is 35.7 Å². The Morgan fingerprint density at radius 1 is 1.24 bits per heavy atom. The minimum absolute atomic E-state index is 0.0993. The number of carbonyl (C=O) groups excluding carboxylic acids is 2. The average molecular weight is 357 g/mol. The van der Waals surface area contributed by atoms with Crippen LogP contribution in [0, 0.1) is 0 Å². The largest absolute Gasteiger partial charge is 0.465 e. The number of benzene rings is 1. The van der Waals surface area contributed by atoms with E-state index < -0.39 is 5.97 Å². The molecule has 0 saturated heterocycles. The van der Waals surface area contributed by atoms with Crippen molar-refractivity contribution in [3.63, 3.8) is 0 Å². The highest BCUT2D eigenvalue weighted by Gasteiger charge is 2.09. The molecule has 0 spiro atoms. The third kappa shape index (κ3) is 3.74. The minimum atomic E-state index is -0.411. The van der Waals surface area contributed by atoms with Crippen molar-refractivity contribution in [1.29, 1.82) is 0 Å². The van der Waals surface area contributed by atoms with Crippen LogP contribution in [0.2, 0.25) is 0 Å². The molecule has 0 unspecified atom stereocenters. The molecule has 0 atom stereocenters. The number of fused-ring (bicyclic) bond motifs is 1. The van der Waals surface area contributed by atoms with E-state index in [-0.39, 0.29) is 18.0 Å². The fourth-order valence-corrected chi connectivity index (χ4v) is 3.02. The number of hydrogen-bond donors (Lipinski definition) is 1. The standard InChI is InChI=1S/C17H15N3O4S/c1-24-17(23)12-4-2-11(3-5-12)8-18-14(21)9-20-10-19-15-13(16(20)22)6-7-25-15/h2-7,10H,8-9H2,1H3,(H,18,21). The van der Waals surface area contributed by atoms with Crippen LogP contribution in [0.3, 0.4) is 0 Å². The van der Waals surface area contributed by atoms with Crippen molar-refractivity contribution in [2.45, 2.75) is 13.1 Å². The molecule has 3 rings (SSSR count). The van der Waals surface area contributed by atoms with Gasteiger partial charge in [0, 0.05) is 6.54 Å². The highest BCUT2D eigenvalue weighted by Crippen LogP contribution is 2.13. The zero-order valence-electron chi connectivity index (χ0n) is 13.4. The normalized spacial score (nSPS) is 10.6. The number of aromatic nitrogens is 2. The van der Waals surface area contributed by atoms with E-state index in [1.807, 2.05) is 0 Å². The number of thiophene rings is 1. The average Bonchev–Trinajstić information content (AvgIpc) is 3.11. The van der Waals surface area contributed by atoms with E-state index in [9.17, 15) is 14.4 Å². The van der Waals surface area contributed by atoms with Gasteiger partial charge in [0.1, 0.15) is 11.4 Å². The van der Waals surface area contributed by atoms with Gasteiger partial charge in [-0.1, -0.05) is 12.1 Å². The zero-order valence-corrected chi connectivity index (χ0v) is 14.2. The van der Waals surface area contributed by atoms with Crippen molar-refractivity contribution in [3.8, 4) is 0 Å². The summed E-state index contributed by atoms with van der Waals surface area (Å²) in [5, 5.41) is 5.05. The fourth-order valence-electron chi connectivity index (χ4n) is 2.29. The van der Waals surface area contributed by atoms with E-state index in [0.717, 1.165) is 5.56 Å². The monoisotopic (exact) mass is 357 g/mol. The Bertz CT molecular complexity index is 975. The lowest BCUT2D eigenvalue weighted by atomic mass is 10.1. The molecule has 0 radical (unpaired) electrons. The molecule has 0 bridgehead atoms. The summed E-state index contributed by atoms with van der Waals surface area (Å²) in [4.78, 5) is 40.5. The first kappa shape index (κ1) is 16.8. The highest BCUT2D eigenvalue weighted by atomic mass is 32.1. The number of carbonyl (C=O) groups is 2. The molecule has 3 aromatic rings. The minimum Gasteiger partial charge on any atom is -0.465 e. The van der Waals surface area contributed by atoms with Gasteiger partial charge in [0.25, 0.3) is 5.56 Å². The van der Waals surface area contributed by atoms with Gasteiger partial charge in [-0.15, -0.1) is 11.3 Å². The van der Waals surface area contributed by atoms with Crippen molar-refractivity contribution in [2.24, 2.45) is 0 Å². The SMILES string of the molecule is COC(=O)c1ccc(CNC(=O)Cn2cnc3sccc3c2=O)cc1. The number of rotatable bonds is 5. The van der Waals surface area contributed by atoms with E-state index in [0.29, 0.717) is 22.3 Å². The molecule has 7 nitrogen and oxygen atoms in total. The molecule has 0 aliphatic carbocycles. The highest BCUT2D eigenvalue weighted by molar-refractivity contribution is 7.16. The van der Waals surface area contributed by atoms with Gasteiger partial charge in [0.15, 0.2) is 0 Å². The van der Waals surface area contributed by atoms with Crippen molar-refractivity contribution in [1.82, 2.24) is 14.9 Å². The summed E-state index contributed by atoms with van der Waals surface area (Å²) in [5.41, 5.74) is 1.04. The summed E-state index contributed by atoms with van der Waals surface area (Å²) in [6.07, 6.45) is 1.38. The van der Waals surface area contributed by atoms with Crippen LogP contribution < -0.4 is 10.9 Å². The molecule has 0 aliphatic heterocycles. The summed E-state index contributed by atoms with van der Waals surface area (Å²) < 4.78 is 5.91. The van der Waals surface area contributed by atoms with Crippen molar-refractivity contribution < 1.29 is 14.3 Å². The molecule has 1 N–H and O–H groups in total. The van der Waals surface area contributed by atoms with Gasteiger partial charge in [-0.25, -0.2) is 9.78 Å². The topological polar surface area (TPSA) is 90.3 Å². The maximum Gasteiger partial charge on any atom is 0.337 e. The first-order valence-corrected chi connectivity index (χ1v) is 8.33. The predicted molar refractivity (Wildman–Crippen MR) is 93.5 cm³/mol. The Morgan fingerprint density at radius 2 is 2.00 bits per heavy atom. The third-order valence-electron chi connectivity index (χ3n) is 3.63. The van der Waals surface area contributed by atoms with E-state index >= 15 is 0 Å². The summed E-state index contributed by atoms with van der Waals surface area (Å²) in [6, 6.07) is 8.43. The molecule has 8 heteroatoms. The van der Waals surface area contributed by atoms with Crippen LogP contribution in [0.1, 0.15) is 15.9 Å². The number of amides is 1. The molecule has 1 amide bonds. The maximum atomic E-state index is 12.2. The number of nitrogens with zero attached hydrogens (tertiary/aromatic N) is 2. The second-order valence-electron chi connectivity index (χ2n) is 5.28. The molecule has 0 aliphatic rings. The van der Waals surface area contributed by atoms with Gasteiger partial charge < -0.3 is 10.1 Å². The Morgan fingerprint density at radius 3 is 2.72 bits per heavy atom. The van der Waals surface area contributed by atoms with Crippen molar-refractivity contribution in [2.75, 3.05) is 7.11 Å². The summed E-state index contributed by atoms with van der Waals surface area (Å²) >= 11 is 1.38. The third-order valence-corrected chi connectivity index (χ3v) is 4.45. The van der Waals surface area contributed by atoms with Crippen LogP contribution in [0.5, 0.6) is 0 Å². The molecule has 0 fully saturated rings. The molecule has 2 heterocycles. The lowest BCUT2D eigenvalue weighted by Gasteiger charge is -2.08. The van der Waals surface area contributed by atoms with Gasteiger partial charge >= 0.3 is 5.97 Å². The van der Waals surface area contributed by atoms with Gasteiger partial charge in [-0.05, 0) is 29.1 Å². The van der Waals surface area contributed by atoms with E-state index in [4.69, 9.17) is 0 Å². The van der Waals surface area contributed by atoms with Gasteiger partial charge in [0.05, 0.1) is 24.4 Å². The lowest BCUT2D eigenvalue weighted by Crippen LogP contribution is -2.32. The van der Waals surface area contributed by atoms with Crippen molar-refractivity contribution in [3.05, 3.63) is 63.5 Å². The molecule has 25 heavy (non-hydrogen) atoms. The zero-order chi connectivity index (χ0) is 17.8. The maximum absolute atomic E-state index is 12.2. The van der Waals surface area contributed by atoms with Crippen LogP contribution in [-0.4, -0.2) is 28.5 Å². The molecule has 2 aromatic heterocycles. The molecule has 128 valence electrons. The quantitative estimate of drug-likeness (QED) is 0.700. The number of hydrogen-bond acceptors (Lipinski definition) is 6. The van der Waals surface area contributed by atoms with E-state index in [1.165, 1.54) is 29.3 Å². The van der Waals surface area contributed by atoms with Crippen LogP contribution in [0.25, 0.3) is 10.2 Å². The summed E-state index contributed by atoms with van der Waals surface area (Å²) in [7, 11) is 1.32. The first-order chi connectivity index (χ1) is 12.1. The number of methoxy groups -OCH3 is 1. The second kappa shape index (κ2) is 7.27. The van der Waals surface area contributed by atoms with Crippen LogP contribution >= 0.6 is 11.3 Å². The molecule has 1 aromatic carbocycles. The Labute approximate surface area is 146 Å². The van der Waals surface area contributed by atoms with E-state index in [2.05, 4.69) is 15.0 Å². The van der Waals surface area contributed by atoms with Crippen LogP contribution in [0.4, 0.5) is 0 Å². The predicted octanol–water partition coefficient (Wildman–Crippen LogP) is 1.56. The van der Waals surface area contributed by atoms with Crippen molar-refractivity contribution >= 4 is 33.4 Å².